The quantitative estimate of drug-likeness (QED) is 0.806. The molecule has 0 amide bonds. The Morgan fingerprint density at radius 1 is 1.58 bits per heavy atom. The number of nitrogens with one attached hydrogen (secondary N) is 1. The van der Waals surface area contributed by atoms with Crippen molar-refractivity contribution in [3.8, 4) is 0 Å². The highest BCUT2D eigenvalue weighted by molar-refractivity contribution is 7.71. The second kappa shape index (κ2) is 4.30. The summed E-state index contributed by atoms with van der Waals surface area (Å²) in [4.78, 5) is 3.09. The molecule has 0 saturated carbocycles. The fraction of sp³-hybridized carbons (Fsp3) is 0.462. The van der Waals surface area contributed by atoms with Gasteiger partial charge in [-0.15, -0.1) is 0 Å². The van der Waals surface area contributed by atoms with Gasteiger partial charge >= 0.3 is 0 Å². The van der Waals surface area contributed by atoms with Crippen molar-refractivity contribution in [1.82, 2.24) is 9.55 Å². The van der Waals surface area contributed by atoms with Crippen molar-refractivity contribution in [2.75, 3.05) is 6.61 Å². The number of benzene rings is 1. The number of rotatable bonds is 1. The Bertz CT molecular complexity index is 710. The molecule has 6 heteroatoms. The highest BCUT2D eigenvalue weighted by atomic mass is 35.5. The van der Waals surface area contributed by atoms with Crippen LogP contribution in [0.5, 0.6) is 0 Å². The Kier molecular flexibility index (Phi) is 2.96. The SMILES string of the molecule is CC1OCCC1(C)n1c(=S)[nH]c2cc(Cl)c(F)cc21. The number of aromatic nitrogens is 2. The van der Waals surface area contributed by atoms with Gasteiger partial charge in [0.1, 0.15) is 5.82 Å². The normalized spacial score (nSPS) is 27.3. The summed E-state index contributed by atoms with van der Waals surface area (Å²) in [6.45, 7) is 4.78. The number of hydrogen-bond donors (Lipinski definition) is 1. The molecule has 2 heterocycles. The highest BCUT2D eigenvalue weighted by Gasteiger charge is 2.40. The lowest BCUT2D eigenvalue weighted by Crippen LogP contribution is -2.36. The lowest BCUT2D eigenvalue weighted by atomic mass is 9.94. The molecule has 1 aromatic carbocycles. The van der Waals surface area contributed by atoms with Crippen LogP contribution < -0.4 is 0 Å². The first-order valence-electron chi connectivity index (χ1n) is 6.15. The minimum atomic E-state index is -0.438. The number of hydrogen-bond acceptors (Lipinski definition) is 2. The monoisotopic (exact) mass is 300 g/mol. The third-order valence-corrected chi connectivity index (χ3v) is 4.66. The number of nitrogens with zero attached hydrogens (tertiary/aromatic N) is 1. The summed E-state index contributed by atoms with van der Waals surface area (Å²) < 4.78 is 21.9. The van der Waals surface area contributed by atoms with Gasteiger partial charge in [0.15, 0.2) is 4.77 Å². The van der Waals surface area contributed by atoms with E-state index >= 15 is 0 Å². The summed E-state index contributed by atoms with van der Waals surface area (Å²) in [5.74, 6) is -0.438. The largest absolute Gasteiger partial charge is 0.376 e. The Labute approximate surface area is 120 Å². The standard InChI is InChI=1S/C13H14ClFN2OS/c1-7-13(2,3-4-18-7)17-11-6-9(15)8(14)5-10(11)16-12(17)19/h5-7H,3-4H2,1-2H3,(H,16,19). The van der Waals surface area contributed by atoms with Gasteiger partial charge in [0.2, 0.25) is 0 Å². The van der Waals surface area contributed by atoms with E-state index < -0.39 is 5.82 Å². The first-order chi connectivity index (χ1) is 8.93. The predicted molar refractivity (Wildman–Crippen MR) is 75.8 cm³/mol. The predicted octanol–water partition coefficient (Wildman–Crippen LogP) is 4.02. The number of halogens is 2. The number of ether oxygens (including phenoxy) is 1. The van der Waals surface area contributed by atoms with Crippen LogP contribution in [0.4, 0.5) is 4.39 Å². The molecular formula is C13H14ClFN2OS. The van der Waals surface area contributed by atoms with Gasteiger partial charge in [-0.05, 0) is 38.6 Å². The number of fused-ring (bicyclic) bond motifs is 1. The molecule has 102 valence electrons. The van der Waals surface area contributed by atoms with Crippen molar-refractivity contribution in [2.45, 2.75) is 31.9 Å². The van der Waals surface area contributed by atoms with Gasteiger partial charge in [-0.25, -0.2) is 4.39 Å². The molecular weight excluding hydrogens is 287 g/mol. The van der Waals surface area contributed by atoms with Gasteiger partial charge in [0.05, 0.1) is 27.7 Å². The lowest BCUT2D eigenvalue weighted by molar-refractivity contribution is 0.0770. The third kappa shape index (κ3) is 1.83. The minimum Gasteiger partial charge on any atom is -0.376 e. The zero-order valence-corrected chi connectivity index (χ0v) is 12.2. The Morgan fingerprint density at radius 2 is 2.32 bits per heavy atom. The molecule has 2 atom stereocenters. The van der Waals surface area contributed by atoms with Crippen LogP contribution in [0.3, 0.4) is 0 Å². The Balaban J connectivity index is 2.32. The molecule has 2 unspecified atom stereocenters. The molecule has 1 N–H and O–H groups in total. The van der Waals surface area contributed by atoms with E-state index in [-0.39, 0.29) is 16.7 Å². The molecule has 3 rings (SSSR count). The number of aromatic amines is 1. The molecule has 1 aliphatic heterocycles. The van der Waals surface area contributed by atoms with Crippen LogP contribution in [0.15, 0.2) is 12.1 Å². The molecule has 0 aliphatic carbocycles. The molecule has 19 heavy (non-hydrogen) atoms. The first kappa shape index (κ1) is 13.1. The van der Waals surface area contributed by atoms with Crippen LogP contribution >= 0.6 is 23.8 Å². The molecule has 0 bridgehead atoms. The van der Waals surface area contributed by atoms with E-state index in [4.69, 9.17) is 28.6 Å². The third-order valence-electron chi connectivity index (χ3n) is 4.09. The number of imidazole rings is 1. The molecule has 1 saturated heterocycles. The van der Waals surface area contributed by atoms with Crippen molar-refractivity contribution in [3.05, 3.63) is 27.7 Å². The summed E-state index contributed by atoms with van der Waals surface area (Å²) in [7, 11) is 0. The second-order valence-electron chi connectivity index (χ2n) is 5.17. The fourth-order valence-electron chi connectivity index (χ4n) is 2.73. The van der Waals surface area contributed by atoms with E-state index in [1.54, 1.807) is 6.07 Å². The van der Waals surface area contributed by atoms with Crippen molar-refractivity contribution in [2.24, 2.45) is 0 Å². The summed E-state index contributed by atoms with van der Waals surface area (Å²) in [6, 6.07) is 3.00. The van der Waals surface area contributed by atoms with Crippen LogP contribution in [0.1, 0.15) is 20.3 Å². The first-order valence-corrected chi connectivity index (χ1v) is 6.94. The van der Waals surface area contributed by atoms with Crippen molar-refractivity contribution >= 4 is 34.9 Å². The smallest absolute Gasteiger partial charge is 0.178 e. The van der Waals surface area contributed by atoms with Gasteiger partial charge in [-0.2, -0.15) is 0 Å². The maximum Gasteiger partial charge on any atom is 0.178 e. The van der Waals surface area contributed by atoms with Crippen LogP contribution in [-0.2, 0) is 10.3 Å². The van der Waals surface area contributed by atoms with E-state index in [1.165, 1.54) is 6.07 Å². The zero-order chi connectivity index (χ0) is 13.8. The van der Waals surface area contributed by atoms with Crippen LogP contribution in [0, 0.1) is 10.6 Å². The van der Waals surface area contributed by atoms with E-state index in [9.17, 15) is 4.39 Å². The maximum absolute atomic E-state index is 13.7. The van der Waals surface area contributed by atoms with Gasteiger partial charge in [0, 0.05) is 12.7 Å². The minimum absolute atomic E-state index is 0.0249. The average Bonchev–Trinajstić information content (AvgIpc) is 2.81. The van der Waals surface area contributed by atoms with Crippen LogP contribution in [0.2, 0.25) is 5.02 Å². The van der Waals surface area contributed by atoms with Crippen LogP contribution in [0.25, 0.3) is 11.0 Å². The summed E-state index contributed by atoms with van der Waals surface area (Å²) >= 11 is 11.2. The molecule has 1 aliphatic rings. The molecule has 1 aromatic heterocycles. The maximum atomic E-state index is 13.7. The Morgan fingerprint density at radius 3 is 2.95 bits per heavy atom. The van der Waals surface area contributed by atoms with Gasteiger partial charge < -0.3 is 14.3 Å². The van der Waals surface area contributed by atoms with E-state index in [0.29, 0.717) is 11.4 Å². The molecule has 0 spiro atoms. The molecule has 1 fully saturated rings. The summed E-state index contributed by atoms with van der Waals surface area (Å²) in [5, 5.41) is 0.0942. The zero-order valence-electron chi connectivity index (χ0n) is 10.7. The van der Waals surface area contributed by atoms with E-state index in [0.717, 1.165) is 17.5 Å². The fourth-order valence-corrected chi connectivity index (χ4v) is 3.31. The topological polar surface area (TPSA) is 29.9 Å². The van der Waals surface area contributed by atoms with Crippen LogP contribution in [-0.4, -0.2) is 22.3 Å². The Hall–Kier alpha value is -0.910. The second-order valence-corrected chi connectivity index (χ2v) is 5.96. The summed E-state index contributed by atoms with van der Waals surface area (Å²) in [6.07, 6.45) is 0.872. The molecule has 0 radical (unpaired) electrons. The van der Waals surface area contributed by atoms with Gasteiger partial charge in [-0.1, -0.05) is 11.6 Å². The van der Waals surface area contributed by atoms with E-state index in [1.807, 2.05) is 11.5 Å². The van der Waals surface area contributed by atoms with Crippen molar-refractivity contribution in [3.63, 3.8) is 0 Å². The van der Waals surface area contributed by atoms with Gasteiger partial charge in [-0.3, -0.25) is 0 Å². The lowest BCUT2D eigenvalue weighted by Gasteiger charge is -2.30. The van der Waals surface area contributed by atoms with E-state index in [2.05, 4.69) is 11.9 Å². The molecule has 2 aromatic rings. The summed E-state index contributed by atoms with van der Waals surface area (Å²) in [5.41, 5.74) is 1.21. The highest BCUT2D eigenvalue weighted by Crippen LogP contribution is 2.36. The van der Waals surface area contributed by atoms with Gasteiger partial charge in [0.25, 0.3) is 0 Å². The average molecular weight is 301 g/mol. The molecule has 3 nitrogen and oxygen atoms in total. The van der Waals surface area contributed by atoms with Crippen molar-refractivity contribution < 1.29 is 9.13 Å². The van der Waals surface area contributed by atoms with Crippen molar-refractivity contribution in [1.29, 1.82) is 0 Å². The number of H-pyrrole nitrogens is 1.